The summed E-state index contributed by atoms with van der Waals surface area (Å²) in [5, 5.41) is 2.76. The molecule has 1 aliphatic heterocycles. The van der Waals surface area contributed by atoms with Crippen LogP contribution in [-0.2, 0) is 14.8 Å². The van der Waals surface area contributed by atoms with Crippen LogP contribution < -0.4 is 5.32 Å². The summed E-state index contributed by atoms with van der Waals surface area (Å²) in [7, 11) is -3.64. The molecule has 0 spiro atoms. The minimum atomic E-state index is -3.64. The summed E-state index contributed by atoms with van der Waals surface area (Å²) in [5.74, 6) is -1.05. The topological polar surface area (TPSA) is 84.3 Å². The molecule has 0 atom stereocenters. The van der Waals surface area contributed by atoms with E-state index in [1.165, 1.54) is 16.7 Å². The number of imidazole rings is 1. The summed E-state index contributed by atoms with van der Waals surface area (Å²) in [6, 6.07) is 8.23. The van der Waals surface area contributed by atoms with Gasteiger partial charge >= 0.3 is 0 Å². The van der Waals surface area contributed by atoms with E-state index in [9.17, 15) is 17.6 Å². The highest BCUT2D eigenvalue weighted by Crippen LogP contribution is 2.29. The van der Waals surface area contributed by atoms with Gasteiger partial charge in [0.1, 0.15) is 5.82 Å². The average molecular weight is 471 g/mol. The van der Waals surface area contributed by atoms with Gasteiger partial charge in [0, 0.05) is 37.1 Å². The fourth-order valence-corrected chi connectivity index (χ4v) is 6.38. The Morgan fingerprint density at radius 1 is 1.09 bits per heavy atom. The molecule has 1 saturated heterocycles. The van der Waals surface area contributed by atoms with Gasteiger partial charge in [0.05, 0.1) is 16.9 Å². The van der Waals surface area contributed by atoms with E-state index in [1.54, 1.807) is 29.1 Å². The SMILES string of the molecule is Cc1cc(C)c(S(=O)(=O)N2CCC(C(=O)Nc3ccc(-n4ccnc4)c(F)c3)CC2)c(C)c1. The van der Waals surface area contributed by atoms with Crippen LogP contribution >= 0.6 is 0 Å². The van der Waals surface area contributed by atoms with Crippen LogP contribution in [-0.4, -0.2) is 41.3 Å². The number of rotatable bonds is 5. The number of carbonyl (C=O) groups is 1. The molecule has 33 heavy (non-hydrogen) atoms. The summed E-state index contributed by atoms with van der Waals surface area (Å²) in [5.41, 5.74) is 3.18. The van der Waals surface area contributed by atoms with E-state index >= 15 is 0 Å². The lowest BCUT2D eigenvalue weighted by Crippen LogP contribution is -2.41. The molecule has 0 radical (unpaired) electrons. The zero-order valence-corrected chi connectivity index (χ0v) is 19.7. The third-order valence-electron chi connectivity index (χ3n) is 6.03. The van der Waals surface area contributed by atoms with Crippen molar-refractivity contribution < 1.29 is 17.6 Å². The van der Waals surface area contributed by atoms with E-state index in [1.807, 2.05) is 32.9 Å². The largest absolute Gasteiger partial charge is 0.326 e. The zero-order valence-electron chi connectivity index (χ0n) is 18.9. The smallest absolute Gasteiger partial charge is 0.243 e. The quantitative estimate of drug-likeness (QED) is 0.611. The molecule has 2 aromatic carbocycles. The number of amides is 1. The maximum absolute atomic E-state index is 14.5. The number of aryl methyl sites for hydroxylation is 3. The van der Waals surface area contributed by atoms with E-state index in [2.05, 4.69) is 10.3 Å². The van der Waals surface area contributed by atoms with Gasteiger partial charge in [-0.15, -0.1) is 0 Å². The molecule has 174 valence electrons. The molecule has 1 fully saturated rings. The van der Waals surface area contributed by atoms with Crippen LogP contribution in [0.25, 0.3) is 5.69 Å². The van der Waals surface area contributed by atoms with Gasteiger partial charge in [-0.1, -0.05) is 17.7 Å². The monoisotopic (exact) mass is 470 g/mol. The summed E-state index contributed by atoms with van der Waals surface area (Å²) >= 11 is 0. The normalized spacial score (nSPS) is 15.5. The number of piperidine rings is 1. The van der Waals surface area contributed by atoms with Crippen molar-refractivity contribution in [1.82, 2.24) is 13.9 Å². The molecule has 0 saturated carbocycles. The molecular weight excluding hydrogens is 443 g/mol. The van der Waals surface area contributed by atoms with E-state index in [0.717, 1.165) is 16.7 Å². The number of carbonyl (C=O) groups excluding carboxylic acids is 1. The highest BCUT2D eigenvalue weighted by atomic mass is 32.2. The van der Waals surface area contributed by atoms with Crippen molar-refractivity contribution in [2.24, 2.45) is 5.92 Å². The van der Waals surface area contributed by atoms with Crippen LogP contribution in [0, 0.1) is 32.5 Å². The van der Waals surface area contributed by atoms with Gasteiger partial charge in [0.15, 0.2) is 0 Å². The van der Waals surface area contributed by atoms with Crippen molar-refractivity contribution in [1.29, 1.82) is 0 Å². The number of benzene rings is 2. The molecule has 1 amide bonds. The Labute approximate surface area is 193 Å². The number of sulfonamides is 1. The van der Waals surface area contributed by atoms with Gasteiger partial charge < -0.3 is 9.88 Å². The van der Waals surface area contributed by atoms with Crippen molar-refractivity contribution in [3.63, 3.8) is 0 Å². The Balaban J connectivity index is 1.41. The van der Waals surface area contributed by atoms with Crippen molar-refractivity contribution in [2.45, 2.75) is 38.5 Å². The van der Waals surface area contributed by atoms with Crippen LogP contribution in [0.2, 0.25) is 0 Å². The minimum Gasteiger partial charge on any atom is -0.326 e. The molecule has 1 aromatic heterocycles. The van der Waals surface area contributed by atoms with E-state index in [0.29, 0.717) is 29.1 Å². The zero-order chi connectivity index (χ0) is 23.8. The van der Waals surface area contributed by atoms with Gasteiger partial charge in [0.2, 0.25) is 15.9 Å². The Morgan fingerprint density at radius 2 is 1.76 bits per heavy atom. The maximum atomic E-state index is 14.5. The van der Waals surface area contributed by atoms with Gasteiger partial charge in [-0.05, 0) is 62.9 Å². The number of nitrogens with one attached hydrogen (secondary N) is 1. The second-order valence-corrected chi connectivity index (χ2v) is 10.4. The highest BCUT2D eigenvalue weighted by molar-refractivity contribution is 7.89. The molecule has 1 aliphatic rings. The lowest BCUT2D eigenvalue weighted by molar-refractivity contribution is -0.120. The molecule has 0 unspecified atom stereocenters. The minimum absolute atomic E-state index is 0.232. The number of hydrogen-bond acceptors (Lipinski definition) is 4. The molecule has 4 rings (SSSR count). The van der Waals surface area contributed by atoms with Crippen LogP contribution in [0.1, 0.15) is 29.5 Å². The van der Waals surface area contributed by atoms with Crippen LogP contribution in [0.4, 0.5) is 10.1 Å². The van der Waals surface area contributed by atoms with Crippen LogP contribution in [0.5, 0.6) is 0 Å². The second kappa shape index (κ2) is 9.07. The Kier molecular flexibility index (Phi) is 6.36. The van der Waals surface area contributed by atoms with Crippen LogP contribution in [0.15, 0.2) is 53.9 Å². The number of hydrogen-bond donors (Lipinski definition) is 1. The Morgan fingerprint density at radius 3 is 2.33 bits per heavy atom. The average Bonchev–Trinajstić information content (AvgIpc) is 3.27. The second-order valence-electron chi connectivity index (χ2n) is 8.53. The van der Waals surface area contributed by atoms with E-state index < -0.39 is 15.8 Å². The highest BCUT2D eigenvalue weighted by Gasteiger charge is 2.33. The van der Waals surface area contributed by atoms with E-state index in [4.69, 9.17) is 0 Å². The summed E-state index contributed by atoms with van der Waals surface area (Å²) in [6.07, 6.45) is 5.51. The third kappa shape index (κ3) is 4.69. The van der Waals surface area contributed by atoms with Gasteiger partial charge in [-0.2, -0.15) is 4.31 Å². The summed E-state index contributed by atoms with van der Waals surface area (Å²) in [4.78, 5) is 17.0. The standard InChI is InChI=1S/C24H27FN4O3S/c1-16-12-17(2)23(18(3)13-16)33(31,32)29-9-6-19(7-10-29)24(30)27-20-4-5-22(21(25)14-20)28-11-8-26-15-28/h4-5,8,11-15,19H,6-7,9-10H2,1-3H3,(H,27,30). The fraction of sp³-hybridized carbons (Fsp3) is 0.333. The Hall–Kier alpha value is -3.04. The van der Waals surface area contributed by atoms with Gasteiger partial charge in [0.25, 0.3) is 0 Å². The first-order valence-electron chi connectivity index (χ1n) is 10.8. The third-order valence-corrected chi connectivity index (χ3v) is 8.23. The number of anilines is 1. The van der Waals surface area contributed by atoms with Gasteiger partial charge in [-0.3, -0.25) is 4.79 Å². The van der Waals surface area contributed by atoms with Crippen molar-refractivity contribution in [3.8, 4) is 5.69 Å². The molecule has 2 heterocycles. The first-order valence-corrected chi connectivity index (χ1v) is 12.3. The van der Waals surface area contributed by atoms with Crippen molar-refractivity contribution >= 4 is 21.6 Å². The van der Waals surface area contributed by atoms with Gasteiger partial charge in [-0.25, -0.2) is 17.8 Å². The summed E-state index contributed by atoms with van der Waals surface area (Å²) in [6.45, 7) is 6.09. The summed E-state index contributed by atoms with van der Waals surface area (Å²) < 4.78 is 44.0. The molecule has 9 heteroatoms. The van der Waals surface area contributed by atoms with Crippen molar-refractivity contribution in [3.05, 3.63) is 71.6 Å². The molecule has 3 aromatic rings. The first-order chi connectivity index (χ1) is 15.7. The van der Waals surface area contributed by atoms with Crippen LogP contribution in [0.3, 0.4) is 0 Å². The molecule has 0 aliphatic carbocycles. The first kappa shape index (κ1) is 23.1. The number of nitrogens with zero attached hydrogens (tertiary/aromatic N) is 3. The molecule has 7 nitrogen and oxygen atoms in total. The fourth-order valence-electron chi connectivity index (χ4n) is 4.50. The van der Waals surface area contributed by atoms with E-state index in [-0.39, 0.29) is 24.9 Å². The predicted octanol–water partition coefficient (Wildman–Crippen LogP) is 3.98. The predicted molar refractivity (Wildman–Crippen MR) is 124 cm³/mol. The maximum Gasteiger partial charge on any atom is 0.243 e. The lowest BCUT2D eigenvalue weighted by Gasteiger charge is -2.31. The molecular formula is C24H27FN4O3S. The number of aromatic nitrogens is 2. The lowest BCUT2D eigenvalue weighted by atomic mass is 9.97. The molecule has 1 N–H and O–H groups in total. The Bertz CT molecular complexity index is 1260. The van der Waals surface area contributed by atoms with Crippen molar-refractivity contribution in [2.75, 3.05) is 18.4 Å². The molecule has 0 bridgehead atoms. The number of halogens is 1.